The van der Waals surface area contributed by atoms with Gasteiger partial charge in [-0.05, 0) is 37.1 Å². The fourth-order valence-corrected chi connectivity index (χ4v) is 2.61. The minimum atomic E-state index is 0.889. The van der Waals surface area contributed by atoms with Gasteiger partial charge in [0.2, 0.25) is 0 Å². The van der Waals surface area contributed by atoms with E-state index >= 15 is 0 Å². The summed E-state index contributed by atoms with van der Waals surface area (Å²) < 4.78 is 0. The van der Waals surface area contributed by atoms with Crippen LogP contribution in [0.2, 0.25) is 0 Å². The quantitative estimate of drug-likeness (QED) is 0.720. The third-order valence-electron chi connectivity index (χ3n) is 3.70. The van der Waals surface area contributed by atoms with Gasteiger partial charge in [-0.3, -0.25) is 0 Å². The van der Waals surface area contributed by atoms with E-state index < -0.39 is 0 Å². The van der Waals surface area contributed by atoms with Crippen molar-refractivity contribution in [1.29, 1.82) is 0 Å². The number of aromatic amines is 1. The second-order valence-electron chi connectivity index (χ2n) is 5.49. The summed E-state index contributed by atoms with van der Waals surface area (Å²) >= 11 is 0. The number of benzene rings is 1. The van der Waals surface area contributed by atoms with E-state index in [2.05, 4.69) is 52.5 Å². The van der Waals surface area contributed by atoms with Gasteiger partial charge in [0, 0.05) is 23.5 Å². The fraction of sp³-hybridized carbons (Fsp3) is 0.211. The number of aryl methyl sites for hydroxylation is 2. The molecule has 0 saturated heterocycles. The van der Waals surface area contributed by atoms with Crippen LogP contribution in [-0.4, -0.2) is 9.97 Å². The van der Waals surface area contributed by atoms with Crippen LogP contribution in [0.15, 0.2) is 54.6 Å². The largest absolute Gasteiger partial charge is 0.360 e. The summed E-state index contributed by atoms with van der Waals surface area (Å²) in [5, 5.41) is 3.43. The van der Waals surface area contributed by atoms with Gasteiger partial charge in [0.1, 0.15) is 5.82 Å². The van der Waals surface area contributed by atoms with Crippen molar-refractivity contribution >= 4 is 11.5 Å². The van der Waals surface area contributed by atoms with E-state index in [-0.39, 0.29) is 0 Å². The number of nitrogens with one attached hydrogen (secondary N) is 2. The molecule has 0 amide bonds. The van der Waals surface area contributed by atoms with E-state index in [0.717, 1.165) is 30.0 Å². The molecule has 0 spiro atoms. The molecule has 2 heterocycles. The molecule has 1 aromatic carbocycles. The van der Waals surface area contributed by atoms with Crippen molar-refractivity contribution in [2.24, 2.45) is 0 Å². The summed E-state index contributed by atoms with van der Waals surface area (Å²) in [5.41, 5.74) is 5.88. The van der Waals surface area contributed by atoms with Crippen molar-refractivity contribution in [3.63, 3.8) is 0 Å². The molecule has 0 aliphatic rings. The van der Waals surface area contributed by atoms with Gasteiger partial charge >= 0.3 is 0 Å². The molecule has 0 radical (unpaired) electrons. The molecule has 112 valence electrons. The van der Waals surface area contributed by atoms with Gasteiger partial charge in [-0.1, -0.05) is 43.3 Å². The van der Waals surface area contributed by atoms with Gasteiger partial charge in [-0.25, -0.2) is 4.98 Å². The van der Waals surface area contributed by atoms with Crippen LogP contribution in [0.1, 0.15) is 29.6 Å². The molecule has 3 nitrogen and oxygen atoms in total. The van der Waals surface area contributed by atoms with Gasteiger partial charge in [0.15, 0.2) is 0 Å². The van der Waals surface area contributed by atoms with Crippen LogP contribution in [0.5, 0.6) is 0 Å². The van der Waals surface area contributed by atoms with Crippen LogP contribution in [0, 0.1) is 6.92 Å². The van der Waals surface area contributed by atoms with E-state index in [1.807, 2.05) is 31.2 Å². The summed E-state index contributed by atoms with van der Waals surface area (Å²) in [6.45, 7) is 4.16. The lowest BCUT2D eigenvalue weighted by molar-refractivity contribution is 1.01. The summed E-state index contributed by atoms with van der Waals surface area (Å²) in [7, 11) is 0. The maximum atomic E-state index is 4.51. The van der Waals surface area contributed by atoms with Crippen LogP contribution in [0.4, 0.5) is 11.5 Å². The number of hydrogen-bond acceptors (Lipinski definition) is 2. The summed E-state index contributed by atoms with van der Waals surface area (Å²) in [4.78, 5) is 8.04. The molecular formula is C19H21N3. The highest BCUT2D eigenvalue weighted by Crippen LogP contribution is 2.23. The molecule has 0 bridgehead atoms. The van der Waals surface area contributed by atoms with E-state index in [4.69, 9.17) is 0 Å². The Hall–Kier alpha value is -2.55. The van der Waals surface area contributed by atoms with Crippen molar-refractivity contribution in [3.8, 4) is 0 Å². The molecule has 0 aliphatic carbocycles. The average molecular weight is 291 g/mol. The standard InChI is InChI=1S/C19H21N3/c1-3-17-18(22-19-11-7-8-14(2)20-19)13-16(21-17)12-15-9-5-4-6-10-15/h4-11,13,21H,3,12H2,1-2H3,(H,20,22). The van der Waals surface area contributed by atoms with Crippen molar-refractivity contribution in [3.05, 3.63) is 77.2 Å². The lowest BCUT2D eigenvalue weighted by atomic mass is 10.1. The molecule has 3 aromatic rings. The van der Waals surface area contributed by atoms with Crippen molar-refractivity contribution in [2.75, 3.05) is 5.32 Å². The number of aromatic nitrogens is 2. The van der Waals surface area contributed by atoms with Crippen molar-refractivity contribution in [2.45, 2.75) is 26.7 Å². The number of pyridine rings is 1. The maximum Gasteiger partial charge on any atom is 0.130 e. The SMILES string of the molecule is CCc1[nH]c(Cc2ccccc2)cc1Nc1cccc(C)n1. The zero-order valence-corrected chi connectivity index (χ0v) is 13.1. The number of rotatable bonds is 5. The van der Waals surface area contributed by atoms with Gasteiger partial charge < -0.3 is 10.3 Å². The number of H-pyrrole nitrogens is 1. The summed E-state index contributed by atoms with van der Waals surface area (Å²) in [6.07, 6.45) is 1.87. The third-order valence-corrected chi connectivity index (χ3v) is 3.70. The molecule has 0 aliphatic heterocycles. The zero-order chi connectivity index (χ0) is 15.4. The van der Waals surface area contributed by atoms with Crippen LogP contribution >= 0.6 is 0 Å². The van der Waals surface area contributed by atoms with E-state index in [0.29, 0.717) is 0 Å². The van der Waals surface area contributed by atoms with Crippen LogP contribution in [0.3, 0.4) is 0 Å². The molecule has 0 atom stereocenters. The lowest BCUT2D eigenvalue weighted by Crippen LogP contribution is -1.96. The minimum absolute atomic E-state index is 0.889. The van der Waals surface area contributed by atoms with Crippen LogP contribution < -0.4 is 5.32 Å². The van der Waals surface area contributed by atoms with E-state index in [1.165, 1.54) is 17.0 Å². The topological polar surface area (TPSA) is 40.7 Å². The Bertz CT molecular complexity index is 744. The first-order valence-corrected chi connectivity index (χ1v) is 7.70. The Morgan fingerprint density at radius 2 is 1.86 bits per heavy atom. The summed E-state index contributed by atoms with van der Waals surface area (Å²) in [6, 6.07) is 18.7. The number of anilines is 2. The van der Waals surface area contributed by atoms with E-state index in [9.17, 15) is 0 Å². The van der Waals surface area contributed by atoms with Crippen LogP contribution in [0.25, 0.3) is 0 Å². The highest BCUT2D eigenvalue weighted by Gasteiger charge is 2.08. The second-order valence-corrected chi connectivity index (χ2v) is 5.49. The van der Waals surface area contributed by atoms with Crippen molar-refractivity contribution < 1.29 is 0 Å². The first-order valence-electron chi connectivity index (χ1n) is 7.70. The zero-order valence-electron chi connectivity index (χ0n) is 13.1. The molecule has 0 unspecified atom stereocenters. The smallest absolute Gasteiger partial charge is 0.130 e. The molecule has 3 heteroatoms. The summed E-state index contributed by atoms with van der Waals surface area (Å²) in [5.74, 6) is 0.889. The first-order chi connectivity index (χ1) is 10.7. The molecule has 0 fully saturated rings. The molecule has 22 heavy (non-hydrogen) atoms. The first kappa shape index (κ1) is 14.4. The van der Waals surface area contributed by atoms with Crippen molar-refractivity contribution in [1.82, 2.24) is 9.97 Å². The minimum Gasteiger partial charge on any atom is -0.360 e. The Kier molecular flexibility index (Phi) is 4.24. The molecule has 0 saturated carbocycles. The molecule has 2 N–H and O–H groups in total. The third kappa shape index (κ3) is 3.37. The van der Waals surface area contributed by atoms with Crippen LogP contribution in [-0.2, 0) is 12.8 Å². The predicted molar refractivity (Wildman–Crippen MR) is 91.7 cm³/mol. The highest BCUT2D eigenvalue weighted by atomic mass is 15.0. The second kappa shape index (κ2) is 6.48. The normalized spacial score (nSPS) is 10.6. The Labute approximate surface area is 131 Å². The fourth-order valence-electron chi connectivity index (χ4n) is 2.61. The lowest BCUT2D eigenvalue weighted by Gasteiger charge is -2.06. The predicted octanol–water partition coefficient (Wildman–Crippen LogP) is 4.61. The Morgan fingerprint density at radius 1 is 1.05 bits per heavy atom. The van der Waals surface area contributed by atoms with Gasteiger partial charge in [0.05, 0.1) is 5.69 Å². The molecule has 3 rings (SSSR count). The average Bonchev–Trinajstić information content (AvgIpc) is 2.90. The van der Waals surface area contributed by atoms with Gasteiger partial charge in [-0.15, -0.1) is 0 Å². The highest BCUT2D eigenvalue weighted by molar-refractivity contribution is 5.60. The number of hydrogen-bond donors (Lipinski definition) is 2. The number of nitrogens with zero attached hydrogens (tertiary/aromatic N) is 1. The Balaban J connectivity index is 1.82. The monoisotopic (exact) mass is 291 g/mol. The molecular weight excluding hydrogens is 270 g/mol. The molecule has 2 aromatic heterocycles. The Morgan fingerprint density at radius 3 is 2.59 bits per heavy atom. The maximum absolute atomic E-state index is 4.51. The van der Waals surface area contributed by atoms with Gasteiger partial charge in [-0.2, -0.15) is 0 Å². The van der Waals surface area contributed by atoms with E-state index in [1.54, 1.807) is 0 Å². The van der Waals surface area contributed by atoms with Gasteiger partial charge in [0.25, 0.3) is 0 Å².